The second kappa shape index (κ2) is 5.12. The Hall–Kier alpha value is -1.36. The fourth-order valence-electron chi connectivity index (χ4n) is 1.55. The maximum atomic E-state index is 11.6. The summed E-state index contributed by atoms with van der Waals surface area (Å²) in [5.41, 5.74) is 0.619. The van der Waals surface area contributed by atoms with Crippen LogP contribution in [0.3, 0.4) is 0 Å². The van der Waals surface area contributed by atoms with Crippen molar-refractivity contribution in [1.29, 1.82) is 0 Å². The Morgan fingerprint density at radius 3 is 2.56 bits per heavy atom. The zero-order chi connectivity index (χ0) is 12.2. The van der Waals surface area contributed by atoms with Gasteiger partial charge in [0.25, 0.3) is 0 Å². The minimum Gasteiger partial charge on any atom is -0.495 e. The van der Waals surface area contributed by atoms with Crippen LogP contribution in [-0.4, -0.2) is 28.1 Å². The molecule has 16 heavy (non-hydrogen) atoms. The van der Waals surface area contributed by atoms with Crippen molar-refractivity contribution < 1.29 is 17.9 Å². The topological polar surface area (TPSA) is 60.4 Å². The van der Waals surface area contributed by atoms with Gasteiger partial charge in [-0.3, -0.25) is 0 Å². The molecule has 0 spiro atoms. The van der Waals surface area contributed by atoms with Crippen molar-refractivity contribution >= 4 is 16.1 Å². The lowest BCUT2D eigenvalue weighted by Crippen LogP contribution is -2.05. The molecule has 0 atom stereocenters. The van der Waals surface area contributed by atoms with Crippen LogP contribution in [0.15, 0.2) is 23.1 Å². The lowest BCUT2D eigenvalue weighted by molar-refractivity contribution is -0.107. The van der Waals surface area contributed by atoms with Crippen LogP contribution in [0.4, 0.5) is 0 Å². The van der Waals surface area contributed by atoms with Crippen LogP contribution >= 0.6 is 0 Å². The first kappa shape index (κ1) is 12.7. The van der Waals surface area contributed by atoms with Crippen molar-refractivity contribution in [3.05, 3.63) is 23.8 Å². The van der Waals surface area contributed by atoms with Crippen molar-refractivity contribution in [2.75, 3.05) is 13.4 Å². The Labute approximate surface area is 95.2 Å². The molecule has 1 aromatic rings. The Morgan fingerprint density at radius 1 is 1.38 bits per heavy atom. The molecule has 0 saturated heterocycles. The van der Waals surface area contributed by atoms with Gasteiger partial charge in [0.1, 0.15) is 16.9 Å². The number of aldehydes is 1. The highest BCUT2D eigenvalue weighted by molar-refractivity contribution is 7.90. The number of ether oxygens (including phenoxy) is 1. The molecular formula is C11H14O4S. The molecule has 0 aliphatic rings. The third kappa shape index (κ3) is 2.82. The monoisotopic (exact) mass is 242 g/mol. The molecule has 0 radical (unpaired) electrons. The van der Waals surface area contributed by atoms with E-state index in [9.17, 15) is 13.2 Å². The zero-order valence-corrected chi connectivity index (χ0v) is 10.1. The molecule has 0 fully saturated rings. The molecular weight excluding hydrogens is 228 g/mol. The van der Waals surface area contributed by atoms with Gasteiger partial charge in [-0.2, -0.15) is 0 Å². The molecule has 0 aromatic heterocycles. The number of carbonyl (C=O) groups excluding carboxylic acids is 1. The number of benzene rings is 1. The fourth-order valence-corrected chi connectivity index (χ4v) is 2.72. The van der Waals surface area contributed by atoms with E-state index in [1.54, 1.807) is 18.2 Å². The Kier molecular flexibility index (Phi) is 4.06. The van der Waals surface area contributed by atoms with Crippen molar-refractivity contribution in [3.63, 3.8) is 0 Å². The van der Waals surface area contributed by atoms with E-state index in [1.165, 1.54) is 7.11 Å². The SMILES string of the molecule is COc1cccc(CCC=O)c1S(C)(=O)=O. The second-order valence-corrected chi connectivity index (χ2v) is 5.38. The van der Waals surface area contributed by atoms with Crippen molar-refractivity contribution in [1.82, 2.24) is 0 Å². The summed E-state index contributed by atoms with van der Waals surface area (Å²) in [6.07, 6.45) is 2.61. The highest BCUT2D eigenvalue weighted by Crippen LogP contribution is 2.27. The number of hydrogen-bond donors (Lipinski definition) is 0. The molecule has 1 rings (SSSR count). The van der Waals surface area contributed by atoms with Crippen LogP contribution in [0.25, 0.3) is 0 Å². The molecule has 0 bridgehead atoms. The van der Waals surface area contributed by atoms with Gasteiger partial charge in [0.15, 0.2) is 9.84 Å². The maximum absolute atomic E-state index is 11.6. The predicted molar refractivity (Wildman–Crippen MR) is 60.5 cm³/mol. The lowest BCUT2D eigenvalue weighted by Gasteiger charge is -2.11. The summed E-state index contributed by atoms with van der Waals surface area (Å²) in [5, 5.41) is 0. The van der Waals surface area contributed by atoms with Gasteiger partial charge in [-0.15, -0.1) is 0 Å². The lowest BCUT2D eigenvalue weighted by atomic mass is 10.1. The molecule has 1 aromatic carbocycles. The van der Waals surface area contributed by atoms with Crippen LogP contribution in [0.2, 0.25) is 0 Å². The van der Waals surface area contributed by atoms with Gasteiger partial charge in [-0.25, -0.2) is 8.42 Å². The average Bonchev–Trinajstić information content (AvgIpc) is 2.24. The van der Waals surface area contributed by atoms with E-state index in [2.05, 4.69) is 0 Å². The predicted octanol–water partition coefficient (Wildman–Crippen LogP) is 1.23. The smallest absolute Gasteiger partial charge is 0.179 e. The molecule has 88 valence electrons. The third-order valence-electron chi connectivity index (χ3n) is 2.18. The quantitative estimate of drug-likeness (QED) is 0.729. The van der Waals surface area contributed by atoms with Crippen LogP contribution in [0.5, 0.6) is 5.75 Å². The summed E-state index contributed by atoms with van der Waals surface area (Å²) in [7, 11) is -1.92. The average molecular weight is 242 g/mol. The van der Waals surface area contributed by atoms with Crippen LogP contribution in [0.1, 0.15) is 12.0 Å². The van der Waals surface area contributed by atoms with Crippen LogP contribution in [-0.2, 0) is 21.1 Å². The summed E-state index contributed by atoms with van der Waals surface area (Å²) < 4.78 is 28.3. The van der Waals surface area contributed by atoms with E-state index in [0.717, 1.165) is 12.5 Å². The van der Waals surface area contributed by atoms with E-state index in [-0.39, 0.29) is 4.90 Å². The van der Waals surface area contributed by atoms with Crippen molar-refractivity contribution in [2.45, 2.75) is 17.7 Å². The van der Waals surface area contributed by atoms with E-state index < -0.39 is 9.84 Å². The van der Waals surface area contributed by atoms with Gasteiger partial charge >= 0.3 is 0 Å². The van der Waals surface area contributed by atoms with Gasteiger partial charge < -0.3 is 9.53 Å². The van der Waals surface area contributed by atoms with Gasteiger partial charge in [0.2, 0.25) is 0 Å². The fraction of sp³-hybridized carbons (Fsp3) is 0.364. The van der Waals surface area contributed by atoms with Crippen molar-refractivity contribution in [2.24, 2.45) is 0 Å². The minimum atomic E-state index is -3.35. The number of sulfone groups is 1. The molecule has 0 heterocycles. The number of methoxy groups -OCH3 is 1. The zero-order valence-electron chi connectivity index (χ0n) is 9.26. The maximum Gasteiger partial charge on any atom is 0.179 e. The number of rotatable bonds is 5. The Bertz CT molecular complexity index is 477. The van der Waals surface area contributed by atoms with Gasteiger partial charge in [-0.1, -0.05) is 12.1 Å². The summed E-state index contributed by atoms with van der Waals surface area (Å²) >= 11 is 0. The standard InChI is InChI=1S/C11H14O4S/c1-15-10-7-3-5-9(6-4-8-12)11(10)16(2,13)14/h3,5,7-8H,4,6H2,1-2H3. The summed E-state index contributed by atoms with van der Waals surface area (Å²) in [4.78, 5) is 10.5. The first-order valence-electron chi connectivity index (χ1n) is 4.80. The minimum absolute atomic E-state index is 0.180. The molecule has 0 amide bonds. The Morgan fingerprint density at radius 2 is 2.06 bits per heavy atom. The molecule has 4 nitrogen and oxygen atoms in total. The summed E-state index contributed by atoms with van der Waals surface area (Å²) in [6.45, 7) is 0. The molecule has 0 N–H and O–H groups in total. The van der Waals surface area contributed by atoms with Gasteiger partial charge in [-0.05, 0) is 18.1 Å². The van der Waals surface area contributed by atoms with E-state index in [0.29, 0.717) is 24.2 Å². The highest BCUT2D eigenvalue weighted by Gasteiger charge is 2.18. The van der Waals surface area contributed by atoms with Crippen LogP contribution in [0, 0.1) is 0 Å². The first-order chi connectivity index (χ1) is 7.50. The normalized spacial score (nSPS) is 11.1. The number of carbonyl (C=O) groups is 1. The number of aryl methyl sites for hydroxylation is 1. The molecule has 0 saturated carbocycles. The van der Waals surface area contributed by atoms with Gasteiger partial charge in [0, 0.05) is 12.7 Å². The largest absolute Gasteiger partial charge is 0.495 e. The van der Waals surface area contributed by atoms with E-state index in [1.807, 2.05) is 0 Å². The van der Waals surface area contributed by atoms with Crippen molar-refractivity contribution in [3.8, 4) is 5.75 Å². The molecule has 0 aliphatic heterocycles. The van der Waals surface area contributed by atoms with Gasteiger partial charge in [0.05, 0.1) is 7.11 Å². The van der Waals surface area contributed by atoms with E-state index in [4.69, 9.17) is 4.74 Å². The molecule has 0 aliphatic carbocycles. The first-order valence-corrected chi connectivity index (χ1v) is 6.69. The highest BCUT2D eigenvalue weighted by atomic mass is 32.2. The second-order valence-electron chi connectivity index (χ2n) is 3.43. The van der Waals surface area contributed by atoms with Crippen LogP contribution < -0.4 is 4.74 Å². The summed E-state index contributed by atoms with van der Waals surface area (Å²) in [5.74, 6) is 0.325. The molecule has 5 heteroatoms. The van der Waals surface area contributed by atoms with E-state index >= 15 is 0 Å². The third-order valence-corrected chi connectivity index (χ3v) is 3.39. The number of hydrogen-bond acceptors (Lipinski definition) is 4. The molecule has 0 unspecified atom stereocenters. The Balaban J connectivity index is 3.32. The summed E-state index contributed by atoms with van der Waals surface area (Å²) in [6, 6.07) is 5.01.